The maximum atomic E-state index is 13.0. The van der Waals surface area contributed by atoms with E-state index in [0.29, 0.717) is 17.2 Å². The van der Waals surface area contributed by atoms with Gasteiger partial charge in [0.05, 0.1) is 30.2 Å². The summed E-state index contributed by atoms with van der Waals surface area (Å²) in [5, 5.41) is 0. The van der Waals surface area contributed by atoms with Crippen molar-refractivity contribution >= 4 is 23.5 Å². The van der Waals surface area contributed by atoms with Crippen LogP contribution in [-0.4, -0.2) is 24.9 Å². The molecule has 0 spiro atoms. The summed E-state index contributed by atoms with van der Waals surface area (Å²) in [4.78, 5) is 39.8. The fourth-order valence-electron chi connectivity index (χ4n) is 4.79. The summed E-state index contributed by atoms with van der Waals surface area (Å²) < 4.78 is 10.7. The number of amides is 2. The Hall–Kier alpha value is -3.41. The number of imide groups is 1. The van der Waals surface area contributed by atoms with Crippen LogP contribution in [0.25, 0.3) is 0 Å². The minimum Gasteiger partial charge on any atom is -0.493 e. The molecule has 4 atom stereocenters. The predicted octanol–water partition coefficient (Wildman–Crippen LogP) is 3.23. The van der Waals surface area contributed by atoms with Gasteiger partial charge in [0.2, 0.25) is 11.8 Å². The summed E-state index contributed by atoms with van der Waals surface area (Å²) in [6.07, 6.45) is 5.00. The zero-order valence-electron chi connectivity index (χ0n) is 15.8. The lowest BCUT2D eigenvalue weighted by Gasteiger charge is -2.18. The summed E-state index contributed by atoms with van der Waals surface area (Å²) >= 11 is 0. The molecule has 6 heteroatoms. The van der Waals surface area contributed by atoms with Gasteiger partial charge in [-0.3, -0.25) is 9.59 Å². The molecule has 146 valence electrons. The third-order valence-corrected chi connectivity index (χ3v) is 6.08. The van der Waals surface area contributed by atoms with Crippen molar-refractivity contribution in [3.05, 3.63) is 66.2 Å². The zero-order chi connectivity index (χ0) is 20.1. The molecule has 1 aliphatic heterocycles. The van der Waals surface area contributed by atoms with Crippen molar-refractivity contribution in [1.29, 1.82) is 0 Å². The van der Waals surface area contributed by atoms with E-state index in [1.807, 2.05) is 0 Å². The van der Waals surface area contributed by atoms with Gasteiger partial charge in [-0.1, -0.05) is 30.4 Å². The molecule has 2 aromatic rings. The Bertz CT molecular complexity index is 1030. The van der Waals surface area contributed by atoms with E-state index < -0.39 is 5.97 Å². The van der Waals surface area contributed by atoms with E-state index >= 15 is 0 Å². The first-order valence-electron chi connectivity index (χ1n) is 9.60. The van der Waals surface area contributed by atoms with Gasteiger partial charge in [-0.2, -0.15) is 0 Å². The minimum absolute atomic E-state index is 0.144. The number of nitrogens with zero attached hydrogens (tertiary/aromatic N) is 1. The van der Waals surface area contributed by atoms with Crippen LogP contribution in [0.3, 0.4) is 0 Å². The lowest BCUT2D eigenvalue weighted by atomic mass is 9.85. The number of ether oxygens (including phenoxy) is 2. The largest absolute Gasteiger partial charge is 0.493 e. The van der Waals surface area contributed by atoms with Gasteiger partial charge < -0.3 is 9.47 Å². The Morgan fingerprint density at radius 3 is 2.24 bits per heavy atom. The van der Waals surface area contributed by atoms with Gasteiger partial charge in [-0.25, -0.2) is 9.69 Å². The molecule has 2 bridgehead atoms. The molecule has 0 radical (unpaired) electrons. The highest BCUT2D eigenvalue weighted by atomic mass is 16.6. The van der Waals surface area contributed by atoms with Crippen molar-refractivity contribution in [3.8, 4) is 11.5 Å². The molecule has 0 unspecified atom stereocenters. The van der Waals surface area contributed by atoms with Crippen molar-refractivity contribution in [2.75, 3.05) is 12.0 Å². The molecule has 1 saturated carbocycles. The van der Waals surface area contributed by atoms with E-state index in [1.165, 1.54) is 18.1 Å². The standard InChI is InChI=1S/C23H19NO5/c1-28-17-7-2-3-8-18(17)29-23(27)15-5-4-6-16(12-15)24-21(25)19-13-9-10-14(11-13)20(19)22(24)26/h2-10,12-14,19-20H,11H2,1H3/t13-,14-,19+,20+/m0/s1. The predicted molar refractivity (Wildman–Crippen MR) is 105 cm³/mol. The summed E-state index contributed by atoms with van der Waals surface area (Å²) in [7, 11) is 1.50. The molecule has 2 fully saturated rings. The molecule has 2 amide bonds. The number of fused-ring (bicyclic) bond motifs is 5. The number of para-hydroxylation sites is 2. The van der Waals surface area contributed by atoms with E-state index in [9.17, 15) is 14.4 Å². The van der Waals surface area contributed by atoms with Crippen LogP contribution in [0.15, 0.2) is 60.7 Å². The summed E-state index contributed by atoms with van der Waals surface area (Å²) in [5.74, 6) is -0.455. The number of methoxy groups -OCH3 is 1. The fourth-order valence-corrected chi connectivity index (χ4v) is 4.79. The number of carbonyl (C=O) groups excluding carboxylic acids is 3. The highest BCUT2D eigenvalue weighted by Crippen LogP contribution is 2.53. The van der Waals surface area contributed by atoms with Crippen LogP contribution in [0.4, 0.5) is 5.69 Å². The van der Waals surface area contributed by atoms with Crippen LogP contribution < -0.4 is 14.4 Å². The minimum atomic E-state index is -0.586. The van der Waals surface area contributed by atoms with E-state index in [2.05, 4.69) is 12.2 Å². The van der Waals surface area contributed by atoms with Gasteiger partial charge in [-0.05, 0) is 48.6 Å². The Labute approximate surface area is 167 Å². The quantitative estimate of drug-likeness (QED) is 0.347. The number of carbonyl (C=O) groups is 3. The lowest BCUT2D eigenvalue weighted by molar-refractivity contribution is -0.123. The summed E-state index contributed by atoms with van der Waals surface area (Å²) in [6.45, 7) is 0. The van der Waals surface area contributed by atoms with Crippen LogP contribution >= 0.6 is 0 Å². The molecule has 2 aliphatic carbocycles. The Kier molecular flexibility index (Phi) is 4.01. The molecule has 1 saturated heterocycles. The molecule has 0 N–H and O–H groups in total. The first kappa shape index (κ1) is 17.7. The molecular formula is C23H19NO5. The van der Waals surface area contributed by atoms with Gasteiger partial charge in [0.1, 0.15) is 0 Å². The Balaban J connectivity index is 1.41. The van der Waals surface area contributed by atoms with E-state index in [0.717, 1.165) is 6.42 Å². The van der Waals surface area contributed by atoms with Gasteiger partial charge in [-0.15, -0.1) is 0 Å². The highest BCUT2D eigenvalue weighted by Gasteiger charge is 2.59. The number of rotatable bonds is 4. The number of hydrogen-bond acceptors (Lipinski definition) is 5. The second-order valence-electron chi connectivity index (χ2n) is 7.60. The molecule has 5 rings (SSSR count). The first-order chi connectivity index (χ1) is 14.1. The smallest absolute Gasteiger partial charge is 0.343 e. The van der Waals surface area contributed by atoms with Crippen LogP contribution in [0.5, 0.6) is 11.5 Å². The molecule has 1 heterocycles. The highest BCUT2D eigenvalue weighted by molar-refractivity contribution is 6.23. The molecule has 0 aromatic heterocycles. The van der Waals surface area contributed by atoms with Gasteiger partial charge in [0.25, 0.3) is 0 Å². The van der Waals surface area contributed by atoms with Crippen molar-refractivity contribution in [2.24, 2.45) is 23.7 Å². The normalized spacial score (nSPS) is 26.7. The van der Waals surface area contributed by atoms with E-state index in [4.69, 9.17) is 9.47 Å². The third-order valence-electron chi connectivity index (χ3n) is 6.08. The lowest BCUT2D eigenvalue weighted by Crippen LogP contribution is -2.33. The Morgan fingerprint density at radius 1 is 0.931 bits per heavy atom. The van der Waals surface area contributed by atoms with Crippen molar-refractivity contribution in [3.63, 3.8) is 0 Å². The molecule has 3 aliphatic rings. The van der Waals surface area contributed by atoms with Gasteiger partial charge in [0, 0.05) is 0 Å². The third kappa shape index (κ3) is 2.67. The second kappa shape index (κ2) is 6.58. The van der Waals surface area contributed by atoms with Crippen LogP contribution in [0.2, 0.25) is 0 Å². The first-order valence-corrected chi connectivity index (χ1v) is 9.60. The van der Waals surface area contributed by atoms with E-state index in [-0.39, 0.29) is 41.0 Å². The van der Waals surface area contributed by atoms with Crippen molar-refractivity contribution in [2.45, 2.75) is 6.42 Å². The fraction of sp³-hybridized carbons (Fsp3) is 0.261. The topological polar surface area (TPSA) is 72.9 Å². The molecule has 6 nitrogen and oxygen atoms in total. The van der Waals surface area contributed by atoms with Crippen LogP contribution in [-0.2, 0) is 9.59 Å². The monoisotopic (exact) mass is 389 g/mol. The van der Waals surface area contributed by atoms with Crippen molar-refractivity contribution < 1.29 is 23.9 Å². The maximum Gasteiger partial charge on any atom is 0.343 e. The average molecular weight is 389 g/mol. The SMILES string of the molecule is COc1ccccc1OC(=O)c1cccc(N2C(=O)[C@H]3[C@H](C2=O)[C@H]2C=C[C@H]3C2)c1. The van der Waals surface area contributed by atoms with Gasteiger partial charge >= 0.3 is 5.97 Å². The van der Waals surface area contributed by atoms with Crippen LogP contribution in [0.1, 0.15) is 16.8 Å². The zero-order valence-corrected chi connectivity index (χ0v) is 15.8. The number of allylic oxidation sites excluding steroid dienone is 2. The van der Waals surface area contributed by atoms with Crippen LogP contribution in [0, 0.1) is 23.7 Å². The summed E-state index contributed by atoms with van der Waals surface area (Å²) in [6, 6.07) is 13.3. The maximum absolute atomic E-state index is 13.0. The number of benzene rings is 2. The second-order valence-corrected chi connectivity index (χ2v) is 7.60. The average Bonchev–Trinajstić information content (AvgIpc) is 3.42. The number of hydrogen-bond donors (Lipinski definition) is 0. The van der Waals surface area contributed by atoms with E-state index in [1.54, 1.807) is 42.5 Å². The number of esters is 1. The molecule has 29 heavy (non-hydrogen) atoms. The van der Waals surface area contributed by atoms with Gasteiger partial charge in [0.15, 0.2) is 11.5 Å². The summed E-state index contributed by atoms with van der Waals surface area (Å²) in [5.41, 5.74) is 0.662. The molecule has 2 aromatic carbocycles. The van der Waals surface area contributed by atoms with Crippen molar-refractivity contribution in [1.82, 2.24) is 0 Å². The molecular weight excluding hydrogens is 370 g/mol. The Morgan fingerprint density at radius 2 is 1.59 bits per heavy atom. The number of anilines is 1.